The van der Waals surface area contributed by atoms with Crippen LogP contribution < -0.4 is 5.32 Å². The van der Waals surface area contributed by atoms with Gasteiger partial charge in [0.05, 0.1) is 4.88 Å². The van der Waals surface area contributed by atoms with E-state index >= 15 is 0 Å². The van der Waals surface area contributed by atoms with E-state index in [2.05, 4.69) is 27.7 Å². The number of aromatic nitrogens is 4. The summed E-state index contributed by atoms with van der Waals surface area (Å²) >= 11 is 1.48. The molecule has 0 aliphatic heterocycles. The van der Waals surface area contributed by atoms with Gasteiger partial charge >= 0.3 is 5.97 Å². The van der Waals surface area contributed by atoms with E-state index in [1.54, 1.807) is 0 Å². The molecule has 134 valence electrons. The Morgan fingerprint density at radius 1 is 1.23 bits per heavy atom. The van der Waals surface area contributed by atoms with Gasteiger partial charge in [-0.25, -0.2) is 4.79 Å². The van der Waals surface area contributed by atoms with Gasteiger partial charge in [-0.3, -0.25) is 4.79 Å². The molecule has 8 nitrogen and oxygen atoms in total. The number of aryl methyl sites for hydroxylation is 1. The van der Waals surface area contributed by atoms with E-state index in [1.807, 2.05) is 41.8 Å². The first-order valence-corrected chi connectivity index (χ1v) is 8.88. The van der Waals surface area contributed by atoms with Gasteiger partial charge in [-0.2, -0.15) is 4.80 Å². The van der Waals surface area contributed by atoms with Crippen LogP contribution in [0.1, 0.15) is 12.5 Å². The molecular formula is C17H17N5O3S. The molecule has 0 saturated carbocycles. The lowest BCUT2D eigenvalue weighted by Crippen LogP contribution is -2.23. The highest BCUT2D eigenvalue weighted by Gasteiger charge is 2.12. The molecule has 0 radical (unpaired) electrons. The van der Waals surface area contributed by atoms with Crippen LogP contribution in [0.15, 0.2) is 41.8 Å². The molecule has 0 bridgehead atoms. The Hall–Kier alpha value is -3.07. The van der Waals surface area contributed by atoms with Gasteiger partial charge in [0.1, 0.15) is 0 Å². The van der Waals surface area contributed by atoms with E-state index in [1.165, 1.54) is 16.9 Å². The lowest BCUT2D eigenvalue weighted by molar-refractivity contribution is -0.148. The van der Waals surface area contributed by atoms with Crippen LogP contribution in [0.25, 0.3) is 10.7 Å². The van der Waals surface area contributed by atoms with Gasteiger partial charge in [-0.15, -0.1) is 21.5 Å². The van der Waals surface area contributed by atoms with Crippen molar-refractivity contribution < 1.29 is 14.3 Å². The number of carbonyl (C=O) groups is 2. The quantitative estimate of drug-likeness (QED) is 0.639. The Labute approximate surface area is 153 Å². The van der Waals surface area contributed by atoms with Crippen molar-refractivity contribution in [3.05, 3.63) is 47.3 Å². The molecule has 1 amide bonds. The number of anilines is 1. The van der Waals surface area contributed by atoms with Crippen molar-refractivity contribution in [2.75, 3.05) is 11.9 Å². The number of hydrogen-bond donors (Lipinski definition) is 1. The number of ether oxygens (including phenoxy) is 1. The molecule has 0 spiro atoms. The van der Waals surface area contributed by atoms with E-state index in [0.29, 0.717) is 11.5 Å². The molecule has 0 fully saturated rings. The predicted molar refractivity (Wildman–Crippen MR) is 96.5 cm³/mol. The van der Waals surface area contributed by atoms with Crippen molar-refractivity contribution >= 4 is 28.9 Å². The Morgan fingerprint density at radius 3 is 2.73 bits per heavy atom. The average molecular weight is 371 g/mol. The number of rotatable bonds is 7. The second-order valence-electron chi connectivity index (χ2n) is 5.38. The molecule has 0 aliphatic carbocycles. The highest BCUT2D eigenvalue weighted by atomic mass is 32.1. The highest BCUT2D eigenvalue weighted by Crippen LogP contribution is 2.19. The minimum Gasteiger partial charge on any atom is -0.454 e. The van der Waals surface area contributed by atoms with E-state index in [4.69, 9.17) is 4.74 Å². The van der Waals surface area contributed by atoms with Crippen LogP contribution >= 0.6 is 11.3 Å². The number of nitrogens with one attached hydrogen (secondary N) is 1. The molecule has 26 heavy (non-hydrogen) atoms. The molecule has 2 aromatic heterocycles. The molecule has 0 atom stereocenters. The summed E-state index contributed by atoms with van der Waals surface area (Å²) in [5.74, 6) is -0.578. The average Bonchev–Trinajstić information content (AvgIpc) is 3.32. The summed E-state index contributed by atoms with van der Waals surface area (Å²) in [5.41, 5.74) is 1.83. The van der Waals surface area contributed by atoms with Crippen LogP contribution in [0.5, 0.6) is 0 Å². The van der Waals surface area contributed by atoms with E-state index in [9.17, 15) is 9.59 Å². The van der Waals surface area contributed by atoms with Gasteiger partial charge < -0.3 is 10.1 Å². The van der Waals surface area contributed by atoms with Gasteiger partial charge in [0.2, 0.25) is 5.82 Å². The summed E-state index contributed by atoms with van der Waals surface area (Å²) in [5, 5.41) is 16.4. The summed E-state index contributed by atoms with van der Waals surface area (Å²) in [6.07, 6.45) is 0.927. The number of tetrazole rings is 1. The number of esters is 1. The number of nitrogens with zero attached hydrogens (tertiary/aromatic N) is 4. The third-order valence-corrected chi connectivity index (χ3v) is 4.34. The van der Waals surface area contributed by atoms with E-state index in [0.717, 1.165) is 16.1 Å². The van der Waals surface area contributed by atoms with Gasteiger partial charge in [0.25, 0.3) is 5.91 Å². The monoisotopic (exact) mass is 371 g/mol. The Morgan fingerprint density at radius 2 is 2.04 bits per heavy atom. The van der Waals surface area contributed by atoms with Gasteiger partial charge in [0, 0.05) is 5.69 Å². The van der Waals surface area contributed by atoms with Crippen LogP contribution in [0, 0.1) is 0 Å². The van der Waals surface area contributed by atoms with E-state index in [-0.39, 0.29) is 13.2 Å². The molecule has 0 saturated heterocycles. The zero-order valence-corrected chi connectivity index (χ0v) is 14.9. The lowest BCUT2D eigenvalue weighted by Gasteiger charge is -2.07. The Kier molecular flexibility index (Phi) is 5.69. The molecule has 1 N–H and O–H groups in total. The fourth-order valence-corrected chi connectivity index (χ4v) is 2.79. The van der Waals surface area contributed by atoms with Crippen LogP contribution in [-0.2, 0) is 27.3 Å². The topological polar surface area (TPSA) is 99.0 Å². The maximum atomic E-state index is 11.8. The maximum absolute atomic E-state index is 11.8. The van der Waals surface area contributed by atoms with E-state index < -0.39 is 11.9 Å². The Balaban J connectivity index is 1.45. The molecule has 3 aromatic rings. The summed E-state index contributed by atoms with van der Waals surface area (Å²) in [7, 11) is 0. The molecule has 9 heteroatoms. The summed E-state index contributed by atoms with van der Waals surface area (Å²) in [6, 6.07) is 11.2. The van der Waals surface area contributed by atoms with Crippen molar-refractivity contribution in [3.8, 4) is 10.7 Å². The number of benzene rings is 1. The van der Waals surface area contributed by atoms with Gasteiger partial charge in [0.15, 0.2) is 13.2 Å². The maximum Gasteiger partial charge on any atom is 0.330 e. The van der Waals surface area contributed by atoms with Crippen molar-refractivity contribution in [3.63, 3.8) is 0 Å². The number of hydrogen-bond acceptors (Lipinski definition) is 7. The van der Waals surface area contributed by atoms with Crippen LogP contribution in [0.4, 0.5) is 5.69 Å². The highest BCUT2D eigenvalue weighted by molar-refractivity contribution is 7.13. The third kappa shape index (κ3) is 4.73. The molecule has 2 heterocycles. The fourth-order valence-electron chi connectivity index (χ4n) is 2.14. The minimum atomic E-state index is -0.614. The lowest BCUT2D eigenvalue weighted by atomic mass is 10.1. The normalized spacial score (nSPS) is 10.5. The largest absolute Gasteiger partial charge is 0.454 e. The SMILES string of the molecule is CCc1ccc(NC(=O)COC(=O)Cn2nnc(-c3cccs3)n2)cc1. The first-order valence-electron chi connectivity index (χ1n) is 8.00. The molecular weight excluding hydrogens is 354 g/mol. The van der Waals surface area contributed by atoms with Gasteiger partial charge in [-0.1, -0.05) is 25.1 Å². The van der Waals surface area contributed by atoms with Crippen LogP contribution in [-0.4, -0.2) is 38.7 Å². The first kappa shape index (κ1) is 17.7. The zero-order valence-electron chi connectivity index (χ0n) is 14.1. The second-order valence-corrected chi connectivity index (χ2v) is 6.33. The summed E-state index contributed by atoms with van der Waals surface area (Å²) < 4.78 is 4.95. The molecule has 1 aromatic carbocycles. The Bertz CT molecular complexity index is 874. The minimum absolute atomic E-state index is 0.211. The number of thiophene rings is 1. The van der Waals surface area contributed by atoms with Crippen molar-refractivity contribution in [2.24, 2.45) is 0 Å². The zero-order chi connectivity index (χ0) is 18.4. The molecule has 0 aliphatic rings. The predicted octanol–water partition coefficient (Wildman–Crippen LogP) is 2.15. The van der Waals surface area contributed by atoms with Crippen LogP contribution in [0.2, 0.25) is 0 Å². The third-order valence-electron chi connectivity index (χ3n) is 3.48. The standard InChI is InChI=1S/C17H17N5O3S/c1-2-12-5-7-13(8-6-12)18-15(23)11-25-16(24)10-22-20-17(19-21-22)14-4-3-9-26-14/h3-9H,2,10-11H2,1H3,(H,18,23). The summed E-state index contributed by atoms with van der Waals surface area (Å²) in [4.78, 5) is 25.7. The summed E-state index contributed by atoms with van der Waals surface area (Å²) in [6.45, 7) is 1.47. The number of carbonyl (C=O) groups excluding carboxylic acids is 2. The first-order chi connectivity index (χ1) is 12.6. The van der Waals surface area contributed by atoms with Crippen molar-refractivity contribution in [1.82, 2.24) is 20.2 Å². The second kappa shape index (κ2) is 8.34. The van der Waals surface area contributed by atoms with Crippen molar-refractivity contribution in [1.29, 1.82) is 0 Å². The molecule has 0 unspecified atom stereocenters. The molecule has 3 rings (SSSR count). The smallest absolute Gasteiger partial charge is 0.330 e. The van der Waals surface area contributed by atoms with Gasteiger partial charge in [-0.05, 0) is 40.8 Å². The van der Waals surface area contributed by atoms with Crippen molar-refractivity contribution in [2.45, 2.75) is 19.9 Å². The van der Waals surface area contributed by atoms with Crippen LogP contribution in [0.3, 0.4) is 0 Å². The number of amides is 1. The fraction of sp³-hybridized carbons (Fsp3) is 0.235.